The average molecular weight is 201 g/mol. The van der Waals surface area contributed by atoms with E-state index >= 15 is 0 Å². The van der Waals surface area contributed by atoms with Gasteiger partial charge in [0.15, 0.2) is 0 Å². The third-order valence-electron chi connectivity index (χ3n) is 1.92. The standard InChI is InChI=1S/C11H23NO2/c1-9(12)5-6-10(13)14-8-7-11(2,3)4/h9H,5-8,12H2,1-4H3. The van der Waals surface area contributed by atoms with Crippen LogP contribution in [0.4, 0.5) is 0 Å². The predicted molar refractivity (Wildman–Crippen MR) is 57.9 cm³/mol. The van der Waals surface area contributed by atoms with Crippen molar-refractivity contribution in [1.29, 1.82) is 0 Å². The summed E-state index contributed by atoms with van der Waals surface area (Å²) in [5, 5.41) is 0. The molecule has 0 amide bonds. The summed E-state index contributed by atoms with van der Waals surface area (Å²) in [6.45, 7) is 8.79. The number of nitrogens with two attached hydrogens (primary N) is 1. The van der Waals surface area contributed by atoms with Crippen molar-refractivity contribution in [2.75, 3.05) is 6.61 Å². The minimum atomic E-state index is -0.133. The van der Waals surface area contributed by atoms with Gasteiger partial charge in [-0.05, 0) is 25.2 Å². The fourth-order valence-corrected chi connectivity index (χ4v) is 0.889. The average Bonchev–Trinajstić information content (AvgIpc) is 1.98. The van der Waals surface area contributed by atoms with E-state index in [1.54, 1.807) is 0 Å². The van der Waals surface area contributed by atoms with Crippen molar-refractivity contribution in [3.05, 3.63) is 0 Å². The molecule has 0 heterocycles. The fourth-order valence-electron chi connectivity index (χ4n) is 0.889. The molecular weight excluding hydrogens is 178 g/mol. The molecule has 0 spiro atoms. The van der Waals surface area contributed by atoms with Gasteiger partial charge < -0.3 is 10.5 Å². The summed E-state index contributed by atoms with van der Waals surface area (Å²) in [6, 6.07) is 0.0742. The molecule has 0 saturated carbocycles. The molecule has 14 heavy (non-hydrogen) atoms. The smallest absolute Gasteiger partial charge is 0.305 e. The second kappa shape index (κ2) is 6.02. The molecule has 1 unspecified atom stereocenters. The van der Waals surface area contributed by atoms with Crippen molar-refractivity contribution in [1.82, 2.24) is 0 Å². The van der Waals surface area contributed by atoms with Gasteiger partial charge in [-0.3, -0.25) is 4.79 Å². The van der Waals surface area contributed by atoms with E-state index in [2.05, 4.69) is 20.8 Å². The van der Waals surface area contributed by atoms with Gasteiger partial charge in [0.05, 0.1) is 6.61 Å². The van der Waals surface area contributed by atoms with Crippen molar-refractivity contribution in [2.24, 2.45) is 11.1 Å². The van der Waals surface area contributed by atoms with E-state index < -0.39 is 0 Å². The van der Waals surface area contributed by atoms with E-state index in [9.17, 15) is 4.79 Å². The van der Waals surface area contributed by atoms with Gasteiger partial charge in [0.2, 0.25) is 0 Å². The Kier molecular flexibility index (Phi) is 5.77. The molecule has 0 aromatic rings. The second-order valence-corrected chi connectivity index (χ2v) is 5.05. The van der Waals surface area contributed by atoms with E-state index in [1.165, 1.54) is 0 Å². The largest absolute Gasteiger partial charge is 0.466 e. The van der Waals surface area contributed by atoms with Crippen LogP contribution in [-0.2, 0) is 9.53 Å². The predicted octanol–water partition coefficient (Wildman–Crippen LogP) is 2.09. The molecule has 0 aromatic heterocycles. The lowest BCUT2D eigenvalue weighted by molar-refractivity contribution is -0.144. The van der Waals surface area contributed by atoms with Crippen LogP contribution in [0.25, 0.3) is 0 Å². The molecule has 1 atom stereocenters. The first-order valence-corrected chi connectivity index (χ1v) is 5.22. The number of hydrogen-bond acceptors (Lipinski definition) is 3. The molecule has 0 bridgehead atoms. The lowest BCUT2D eigenvalue weighted by Gasteiger charge is -2.17. The molecule has 2 N–H and O–H groups in total. The van der Waals surface area contributed by atoms with Crippen LogP contribution in [-0.4, -0.2) is 18.6 Å². The van der Waals surface area contributed by atoms with Crippen LogP contribution in [0.2, 0.25) is 0 Å². The number of carbonyl (C=O) groups excluding carboxylic acids is 1. The van der Waals surface area contributed by atoms with Crippen molar-refractivity contribution in [3.8, 4) is 0 Å². The zero-order valence-electron chi connectivity index (χ0n) is 9.80. The molecule has 0 aliphatic rings. The zero-order valence-corrected chi connectivity index (χ0v) is 9.80. The minimum Gasteiger partial charge on any atom is -0.466 e. The van der Waals surface area contributed by atoms with Gasteiger partial charge in [-0.25, -0.2) is 0 Å². The molecule has 3 heteroatoms. The van der Waals surface area contributed by atoms with E-state index in [0.717, 1.165) is 6.42 Å². The normalized spacial score (nSPS) is 13.8. The summed E-state index contributed by atoms with van der Waals surface area (Å²) in [4.78, 5) is 11.2. The first-order chi connectivity index (χ1) is 6.31. The van der Waals surface area contributed by atoms with Crippen LogP contribution < -0.4 is 5.73 Å². The van der Waals surface area contributed by atoms with E-state index in [1.807, 2.05) is 6.92 Å². The molecule has 84 valence electrons. The van der Waals surface area contributed by atoms with Crippen LogP contribution in [0.3, 0.4) is 0 Å². The third-order valence-corrected chi connectivity index (χ3v) is 1.92. The molecule has 0 rings (SSSR count). The van der Waals surface area contributed by atoms with E-state index in [4.69, 9.17) is 10.5 Å². The Balaban J connectivity index is 3.46. The van der Waals surface area contributed by atoms with Gasteiger partial charge in [-0.15, -0.1) is 0 Å². The topological polar surface area (TPSA) is 52.3 Å². The summed E-state index contributed by atoms with van der Waals surface area (Å²) >= 11 is 0. The molecule has 0 aromatic carbocycles. The van der Waals surface area contributed by atoms with E-state index in [-0.39, 0.29) is 17.4 Å². The Labute approximate surface area is 87.0 Å². The number of rotatable bonds is 5. The summed E-state index contributed by atoms with van der Waals surface area (Å²) in [5.41, 5.74) is 5.75. The summed E-state index contributed by atoms with van der Waals surface area (Å²) in [6.07, 6.45) is 2.03. The van der Waals surface area contributed by atoms with Gasteiger partial charge in [-0.1, -0.05) is 20.8 Å². The number of carbonyl (C=O) groups is 1. The lowest BCUT2D eigenvalue weighted by Crippen LogP contribution is -2.18. The maximum atomic E-state index is 11.2. The number of hydrogen-bond donors (Lipinski definition) is 1. The maximum Gasteiger partial charge on any atom is 0.305 e. The summed E-state index contributed by atoms with van der Waals surface area (Å²) in [7, 11) is 0. The highest BCUT2D eigenvalue weighted by molar-refractivity contribution is 5.69. The van der Waals surface area contributed by atoms with Crippen molar-refractivity contribution >= 4 is 5.97 Å². The van der Waals surface area contributed by atoms with Crippen molar-refractivity contribution < 1.29 is 9.53 Å². The molecule has 3 nitrogen and oxygen atoms in total. The number of esters is 1. The van der Waals surface area contributed by atoms with Crippen LogP contribution >= 0.6 is 0 Å². The molecule has 0 radical (unpaired) electrons. The van der Waals surface area contributed by atoms with Gasteiger partial charge in [0.25, 0.3) is 0 Å². The Morgan fingerprint density at radius 3 is 2.43 bits per heavy atom. The Bertz CT molecular complexity index is 171. The lowest BCUT2D eigenvalue weighted by atomic mass is 9.93. The quantitative estimate of drug-likeness (QED) is 0.693. The first kappa shape index (κ1) is 13.4. The first-order valence-electron chi connectivity index (χ1n) is 5.22. The zero-order chi connectivity index (χ0) is 11.2. The molecule has 0 fully saturated rings. The Morgan fingerprint density at radius 2 is 2.00 bits per heavy atom. The SMILES string of the molecule is CC(N)CCC(=O)OCCC(C)(C)C. The highest BCUT2D eigenvalue weighted by Crippen LogP contribution is 2.18. The fraction of sp³-hybridized carbons (Fsp3) is 0.909. The monoisotopic (exact) mass is 201 g/mol. The maximum absolute atomic E-state index is 11.2. The molecule has 0 saturated heterocycles. The van der Waals surface area contributed by atoms with Gasteiger partial charge >= 0.3 is 5.97 Å². The van der Waals surface area contributed by atoms with Crippen LogP contribution in [0.1, 0.15) is 47.0 Å². The molecule has 0 aliphatic carbocycles. The van der Waals surface area contributed by atoms with E-state index in [0.29, 0.717) is 19.4 Å². The van der Waals surface area contributed by atoms with Gasteiger partial charge in [0.1, 0.15) is 0 Å². The van der Waals surface area contributed by atoms with Gasteiger partial charge in [0, 0.05) is 12.5 Å². The minimum absolute atomic E-state index is 0.0742. The molecular formula is C11H23NO2. The third kappa shape index (κ3) is 9.52. The number of ether oxygens (including phenoxy) is 1. The van der Waals surface area contributed by atoms with Crippen LogP contribution in [0.15, 0.2) is 0 Å². The summed E-state index contributed by atoms with van der Waals surface area (Å²) in [5.74, 6) is -0.133. The highest BCUT2D eigenvalue weighted by atomic mass is 16.5. The van der Waals surface area contributed by atoms with Crippen LogP contribution in [0, 0.1) is 5.41 Å². The second-order valence-electron chi connectivity index (χ2n) is 5.05. The Morgan fingerprint density at radius 1 is 1.43 bits per heavy atom. The van der Waals surface area contributed by atoms with Crippen molar-refractivity contribution in [2.45, 2.75) is 53.0 Å². The molecule has 0 aliphatic heterocycles. The van der Waals surface area contributed by atoms with Gasteiger partial charge in [-0.2, -0.15) is 0 Å². The van der Waals surface area contributed by atoms with Crippen LogP contribution in [0.5, 0.6) is 0 Å². The summed E-state index contributed by atoms with van der Waals surface area (Å²) < 4.78 is 5.07. The highest BCUT2D eigenvalue weighted by Gasteiger charge is 2.11. The Hall–Kier alpha value is -0.570. The van der Waals surface area contributed by atoms with Crippen molar-refractivity contribution in [3.63, 3.8) is 0 Å².